The lowest BCUT2D eigenvalue weighted by Gasteiger charge is -1.96. The summed E-state index contributed by atoms with van der Waals surface area (Å²) in [6, 6.07) is 0. The van der Waals surface area contributed by atoms with Gasteiger partial charge in [0.05, 0.1) is 0 Å². The minimum atomic E-state index is 1.03. The van der Waals surface area contributed by atoms with Crippen LogP contribution in [0.5, 0.6) is 0 Å². The van der Waals surface area contributed by atoms with Crippen molar-refractivity contribution >= 4 is 22.1 Å². The summed E-state index contributed by atoms with van der Waals surface area (Å²) in [5, 5.41) is 1.03. The molecule has 0 aromatic rings. The molecule has 0 aliphatic carbocycles. The van der Waals surface area contributed by atoms with Crippen molar-refractivity contribution in [1.82, 2.24) is 0 Å². The van der Waals surface area contributed by atoms with E-state index in [0.29, 0.717) is 0 Å². The number of halogens is 1. The third-order valence-corrected chi connectivity index (χ3v) is 1.76. The molecule has 1 heterocycles. The molecule has 0 fully saturated rings. The lowest BCUT2D eigenvalue weighted by molar-refractivity contribution is 1.04. The minimum absolute atomic E-state index is 1.03. The molecule has 10 heavy (non-hydrogen) atoms. The number of alkyl halides is 1. The first-order chi connectivity index (χ1) is 4.93. The monoisotopic (exact) mass is 199 g/mol. The van der Waals surface area contributed by atoms with Gasteiger partial charge in [0.2, 0.25) is 0 Å². The summed E-state index contributed by atoms with van der Waals surface area (Å²) in [6.07, 6.45) is 10.0. The summed E-state index contributed by atoms with van der Waals surface area (Å²) >= 11 is 3.39. The summed E-state index contributed by atoms with van der Waals surface area (Å²) in [5.41, 5.74) is 1.39. The Balaban J connectivity index is 2.50. The highest BCUT2D eigenvalue weighted by molar-refractivity contribution is 9.09. The largest absolute Gasteiger partial charge is 0.265 e. The van der Waals surface area contributed by atoms with Crippen molar-refractivity contribution in [3.8, 4) is 0 Å². The van der Waals surface area contributed by atoms with E-state index in [2.05, 4.69) is 27.0 Å². The van der Waals surface area contributed by atoms with Crippen LogP contribution in [0.3, 0.4) is 0 Å². The molecule has 0 amide bonds. The average molecular weight is 200 g/mol. The van der Waals surface area contributed by atoms with Gasteiger partial charge in [0, 0.05) is 17.7 Å². The summed E-state index contributed by atoms with van der Waals surface area (Å²) in [6.45, 7) is 0. The second-order valence-electron chi connectivity index (χ2n) is 2.16. The van der Waals surface area contributed by atoms with Gasteiger partial charge in [0.25, 0.3) is 0 Å². The van der Waals surface area contributed by atoms with Crippen molar-refractivity contribution < 1.29 is 0 Å². The molecule has 0 bridgehead atoms. The third-order valence-electron chi connectivity index (χ3n) is 1.36. The molecule has 0 radical (unpaired) electrons. The van der Waals surface area contributed by atoms with Crippen molar-refractivity contribution in [2.45, 2.75) is 12.8 Å². The smallest absolute Gasteiger partial charge is 0.0264 e. The van der Waals surface area contributed by atoms with Gasteiger partial charge in [-0.2, -0.15) is 0 Å². The van der Waals surface area contributed by atoms with Crippen LogP contribution in [-0.2, 0) is 0 Å². The van der Waals surface area contributed by atoms with Crippen molar-refractivity contribution in [1.29, 1.82) is 0 Å². The Hall–Kier alpha value is -0.370. The van der Waals surface area contributed by atoms with Crippen molar-refractivity contribution in [2.75, 3.05) is 5.33 Å². The van der Waals surface area contributed by atoms with Crippen LogP contribution in [0.4, 0.5) is 0 Å². The highest BCUT2D eigenvalue weighted by atomic mass is 79.9. The van der Waals surface area contributed by atoms with Crippen LogP contribution in [0.1, 0.15) is 12.8 Å². The number of allylic oxidation sites excluding steroid dienone is 3. The zero-order chi connectivity index (χ0) is 7.23. The van der Waals surface area contributed by atoms with E-state index >= 15 is 0 Å². The van der Waals surface area contributed by atoms with E-state index in [4.69, 9.17) is 0 Å². The van der Waals surface area contributed by atoms with E-state index in [-0.39, 0.29) is 0 Å². The van der Waals surface area contributed by atoms with Gasteiger partial charge in [-0.25, -0.2) is 0 Å². The molecule has 0 aromatic heterocycles. The van der Waals surface area contributed by atoms with Gasteiger partial charge < -0.3 is 0 Å². The highest BCUT2D eigenvalue weighted by Gasteiger charge is 1.93. The third kappa shape index (κ3) is 2.48. The normalized spacial score (nSPS) is 16.7. The molecular formula is C8H10BrN. The molecule has 0 N–H and O–H groups in total. The summed E-state index contributed by atoms with van der Waals surface area (Å²) in [5.74, 6) is 0. The van der Waals surface area contributed by atoms with Gasteiger partial charge >= 0.3 is 0 Å². The van der Waals surface area contributed by atoms with E-state index in [9.17, 15) is 0 Å². The fraction of sp³-hybridized carbons (Fsp3) is 0.375. The van der Waals surface area contributed by atoms with Gasteiger partial charge in [-0.15, -0.1) is 0 Å². The Labute approximate surface area is 69.7 Å². The van der Waals surface area contributed by atoms with E-state index in [0.717, 1.165) is 18.2 Å². The molecule has 0 unspecified atom stereocenters. The van der Waals surface area contributed by atoms with Crippen LogP contribution in [0, 0.1) is 0 Å². The Kier molecular flexibility index (Phi) is 3.44. The Morgan fingerprint density at radius 1 is 1.60 bits per heavy atom. The maximum absolute atomic E-state index is 4.08. The fourth-order valence-corrected chi connectivity index (χ4v) is 1.33. The number of aliphatic imine (C=N–C) groups is 1. The maximum Gasteiger partial charge on any atom is 0.0264 e. The first kappa shape index (κ1) is 7.73. The van der Waals surface area contributed by atoms with Gasteiger partial charge in [-0.1, -0.05) is 22.0 Å². The topological polar surface area (TPSA) is 12.4 Å². The lowest BCUT2D eigenvalue weighted by atomic mass is 10.1. The summed E-state index contributed by atoms with van der Waals surface area (Å²) in [4.78, 5) is 4.08. The Morgan fingerprint density at radius 3 is 3.30 bits per heavy atom. The van der Waals surface area contributed by atoms with Gasteiger partial charge in [-0.05, 0) is 24.5 Å². The predicted octanol–water partition coefficient (Wildman–Crippen LogP) is 2.69. The van der Waals surface area contributed by atoms with E-state index in [1.54, 1.807) is 0 Å². The molecular weight excluding hydrogens is 190 g/mol. The van der Waals surface area contributed by atoms with E-state index < -0.39 is 0 Å². The van der Waals surface area contributed by atoms with Crippen LogP contribution >= 0.6 is 15.9 Å². The molecule has 0 saturated heterocycles. The molecule has 54 valence electrons. The lowest BCUT2D eigenvalue weighted by Crippen LogP contribution is -1.80. The average Bonchev–Trinajstić information content (AvgIpc) is 2.17. The van der Waals surface area contributed by atoms with Crippen molar-refractivity contribution in [3.63, 3.8) is 0 Å². The number of hydrogen-bond acceptors (Lipinski definition) is 1. The van der Waals surface area contributed by atoms with Crippen LogP contribution in [0.15, 0.2) is 28.9 Å². The van der Waals surface area contributed by atoms with Gasteiger partial charge in [0.15, 0.2) is 0 Å². The van der Waals surface area contributed by atoms with Crippen molar-refractivity contribution in [3.05, 3.63) is 23.9 Å². The molecule has 0 atom stereocenters. The quantitative estimate of drug-likeness (QED) is 0.607. The molecule has 2 heteroatoms. The predicted molar refractivity (Wildman–Crippen MR) is 48.7 cm³/mol. The second-order valence-corrected chi connectivity index (χ2v) is 2.95. The van der Waals surface area contributed by atoms with E-state index in [1.807, 2.05) is 18.5 Å². The molecule has 0 spiro atoms. The molecule has 1 aliphatic rings. The van der Waals surface area contributed by atoms with Crippen LogP contribution < -0.4 is 0 Å². The molecule has 0 saturated carbocycles. The number of nitrogens with zero attached hydrogens (tertiary/aromatic N) is 1. The Morgan fingerprint density at radius 2 is 2.50 bits per heavy atom. The van der Waals surface area contributed by atoms with Crippen LogP contribution in [0.2, 0.25) is 0 Å². The summed E-state index contributed by atoms with van der Waals surface area (Å²) in [7, 11) is 0. The molecule has 1 rings (SSSR count). The number of rotatable bonds is 2. The van der Waals surface area contributed by atoms with E-state index in [1.165, 1.54) is 5.57 Å². The second kappa shape index (κ2) is 4.45. The number of hydrogen-bond donors (Lipinski definition) is 0. The molecule has 1 aliphatic heterocycles. The van der Waals surface area contributed by atoms with Crippen molar-refractivity contribution in [2.24, 2.45) is 4.99 Å². The SMILES string of the molecule is BrCCC1=CN=CC=CC1. The molecule has 0 aromatic carbocycles. The maximum atomic E-state index is 4.08. The standard InChI is InChI=1S/C8H10BrN/c9-5-4-8-3-1-2-6-10-7-8/h1-2,6-7H,3-5H2. The fourth-order valence-electron chi connectivity index (χ4n) is 0.819. The highest BCUT2D eigenvalue weighted by Crippen LogP contribution is 2.10. The summed E-state index contributed by atoms with van der Waals surface area (Å²) < 4.78 is 0. The molecule has 1 nitrogen and oxygen atoms in total. The van der Waals surface area contributed by atoms with Gasteiger partial charge in [-0.3, -0.25) is 4.99 Å². The first-order valence-electron chi connectivity index (χ1n) is 3.35. The first-order valence-corrected chi connectivity index (χ1v) is 4.48. The van der Waals surface area contributed by atoms with Crippen LogP contribution in [-0.4, -0.2) is 11.5 Å². The minimum Gasteiger partial charge on any atom is -0.265 e. The van der Waals surface area contributed by atoms with Crippen LogP contribution in [0.25, 0.3) is 0 Å². The van der Waals surface area contributed by atoms with Gasteiger partial charge in [0.1, 0.15) is 0 Å². The zero-order valence-corrected chi connectivity index (χ0v) is 7.34. The zero-order valence-electron chi connectivity index (χ0n) is 5.76. The Bertz CT molecular complexity index is 180.